The van der Waals surface area contributed by atoms with Crippen LogP contribution in [0.3, 0.4) is 0 Å². The van der Waals surface area contributed by atoms with Crippen LogP contribution in [0.5, 0.6) is 0 Å². The van der Waals surface area contributed by atoms with Crippen molar-refractivity contribution in [2.45, 2.75) is 39.2 Å². The van der Waals surface area contributed by atoms with Crippen molar-refractivity contribution in [3.8, 4) is 10.4 Å². The Hall–Kier alpha value is -3.18. The highest BCUT2D eigenvalue weighted by molar-refractivity contribution is 7.15. The fourth-order valence-corrected chi connectivity index (χ4v) is 6.15. The van der Waals surface area contributed by atoms with Gasteiger partial charge in [0.05, 0.1) is 15.6 Å². The Balaban J connectivity index is 1.37. The molecule has 7 nitrogen and oxygen atoms in total. The minimum absolute atomic E-state index is 0.203. The van der Waals surface area contributed by atoms with Crippen LogP contribution in [-0.2, 0) is 0 Å². The van der Waals surface area contributed by atoms with E-state index in [0.717, 1.165) is 36.4 Å². The topological polar surface area (TPSA) is 79.6 Å². The number of rotatable bonds is 5. The standard InChI is InChI=1S/C24H23F2N5O2S2/c1-13-20(31-9-10-34-24(31)28-13)22(32)27-12-16-5-3-4-8-30(16)23(33)19-21(35-14(2)29-19)15-6-7-17(25)18(26)11-15/h6-7,9-11,16H,3-5,8,12H2,1-2H3,(H,27,32)/t16-/m0/s1. The van der Waals surface area contributed by atoms with Gasteiger partial charge in [0.25, 0.3) is 11.8 Å². The number of thiazole rings is 2. The summed E-state index contributed by atoms with van der Waals surface area (Å²) in [4.78, 5) is 38.5. The molecule has 3 aromatic heterocycles. The smallest absolute Gasteiger partial charge is 0.274 e. The third kappa shape index (κ3) is 4.45. The SMILES string of the molecule is Cc1nc(C(=O)N2CCCC[C@H]2CNC(=O)c2c(C)nc3sccn23)c(-c2ccc(F)c(F)c2)s1. The molecule has 1 atom stereocenters. The number of likely N-dealkylation sites (tertiary alicyclic amines) is 1. The van der Waals surface area contributed by atoms with Crippen LogP contribution in [-0.4, -0.2) is 50.2 Å². The summed E-state index contributed by atoms with van der Waals surface area (Å²) < 4.78 is 29.1. The Bertz CT molecular complexity index is 1430. The van der Waals surface area contributed by atoms with Crippen molar-refractivity contribution in [2.75, 3.05) is 13.1 Å². The van der Waals surface area contributed by atoms with Crippen molar-refractivity contribution in [2.24, 2.45) is 0 Å². The van der Waals surface area contributed by atoms with Crippen molar-refractivity contribution in [3.05, 3.63) is 63.5 Å². The Labute approximate surface area is 208 Å². The molecule has 5 rings (SSSR count). The van der Waals surface area contributed by atoms with E-state index >= 15 is 0 Å². The third-order valence-electron chi connectivity index (χ3n) is 6.16. The van der Waals surface area contributed by atoms with Crippen molar-refractivity contribution in [3.63, 3.8) is 0 Å². The number of nitrogens with one attached hydrogen (secondary N) is 1. The highest BCUT2D eigenvalue weighted by Gasteiger charge is 2.32. The van der Waals surface area contributed by atoms with Gasteiger partial charge in [0, 0.05) is 30.7 Å². The summed E-state index contributed by atoms with van der Waals surface area (Å²) in [7, 11) is 0. The zero-order valence-corrected chi connectivity index (χ0v) is 20.8. The van der Waals surface area contributed by atoms with Crippen LogP contribution < -0.4 is 5.32 Å². The van der Waals surface area contributed by atoms with E-state index in [1.54, 1.807) is 23.1 Å². The van der Waals surface area contributed by atoms with Crippen molar-refractivity contribution >= 4 is 39.4 Å². The van der Waals surface area contributed by atoms with Gasteiger partial charge in [0.1, 0.15) is 11.4 Å². The van der Waals surface area contributed by atoms with Crippen molar-refractivity contribution in [1.29, 1.82) is 0 Å². The van der Waals surface area contributed by atoms with E-state index < -0.39 is 11.6 Å². The first-order chi connectivity index (χ1) is 16.8. The molecule has 2 amide bonds. The molecule has 0 aliphatic carbocycles. The number of aryl methyl sites for hydroxylation is 2. The molecule has 1 N–H and O–H groups in total. The number of hydrogen-bond acceptors (Lipinski definition) is 6. The van der Waals surface area contributed by atoms with Crippen LogP contribution in [0.1, 0.15) is 50.9 Å². The Morgan fingerprint density at radius 2 is 2.00 bits per heavy atom. The number of fused-ring (bicyclic) bond motifs is 1. The van der Waals surface area contributed by atoms with Gasteiger partial charge in [-0.15, -0.1) is 22.7 Å². The van der Waals surface area contributed by atoms with Gasteiger partial charge in [0.15, 0.2) is 16.6 Å². The molecule has 0 unspecified atom stereocenters. The van der Waals surface area contributed by atoms with Crippen LogP contribution in [0.25, 0.3) is 15.4 Å². The number of imidazole rings is 1. The molecule has 182 valence electrons. The van der Waals surface area contributed by atoms with E-state index in [1.807, 2.05) is 11.6 Å². The molecule has 1 saturated heterocycles. The number of halogens is 2. The van der Waals surface area contributed by atoms with E-state index in [4.69, 9.17) is 0 Å². The van der Waals surface area contributed by atoms with Crippen molar-refractivity contribution < 1.29 is 18.4 Å². The molecular weight excluding hydrogens is 492 g/mol. The first-order valence-electron chi connectivity index (χ1n) is 11.3. The summed E-state index contributed by atoms with van der Waals surface area (Å²) in [6.45, 7) is 4.41. The number of piperidine rings is 1. The van der Waals surface area contributed by atoms with Gasteiger partial charge >= 0.3 is 0 Å². The molecule has 4 aromatic rings. The van der Waals surface area contributed by atoms with Crippen LogP contribution in [0.4, 0.5) is 8.78 Å². The molecule has 0 saturated carbocycles. The maximum Gasteiger partial charge on any atom is 0.274 e. The van der Waals surface area contributed by atoms with Crippen LogP contribution in [0, 0.1) is 25.5 Å². The Kier molecular flexibility index (Phi) is 6.37. The highest BCUT2D eigenvalue weighted by Crippen LogP contribution is 2.33. The molecule has 0 spiro atoms. The second-order valence-corrected chi connectivity index (χ2v) is 10.6. The van der Waals surface area contributed by atoms with Crippen molar-refractivity contribution in [1.82, 2.24) is 24.6 Å². The van der Waals surface area contributed by atoms with Crippen LogP contribution >= 0.6 is 22.7 Å². The molecule has 0 radical (unpaired) electrons. The number of hydrogen-bond donors (Lipinski definition) is 1. The lowest BCUT2D eigenvalue weighted by Gasteiger charge is -2.35. The first kappa shape index (κ1) is 23.6. The fraction of sp³-hybridized carbons (Fsp3) is 0.333. The molecule has 1 aliphatic rings. The predicted molar refractivity (Wildman–Crippen MR) is 131 cm³/mol. The van der Waals surface area contributed by atoms with E-state index in [9.17, 15) is 18.4 Å². The maximum absolute atomic E-state index is 13.9. The molecule has 1 aromatic carbocycles. The number of amides is 2. The maximum atomic E-state index is 13.9. The molecule has 1 aliphatic heterocycles. The summed E-state index contributed by atoms with van der Waals surface area (Å²) >= 11 is 2.73. The predicted octanol–water partition coefficient (Wildman–Crippen LogP) is 4.84. The molecule has 0 bridgehead atoms. The Morgan fingerprint density at radius 1 is 1.17 bits per heavy atom. The van der Waals surface area contributed by atoms with Gasteiger partial charge in [-0.3, -0.25) is 14.0 Å². The molecular formula is C24H23F2N5O2S2. The number of carbonyl (C=O) groups excluding carboxylic acids is 2. The Morgan fingerprint density at radius 3 is 2.80 bits per heavy atom. The quantitative estimate of drug-likeness (QED) is 0.413. The number of carbonyl (C=O) groups is 2. The van der Waals surface area contributed by atoms with Gasteiger partial charge in [-0.05, 0) is 50.8 Å². The third-order valence-corrected chi connectivity index (χ3v) is 7.93. The van der Waals surface area contributed by atoms with Crippen LogP contribution in [0.2, 0.25) is 0 Å². The number of aromatic nitrogens is 3. The van der Waals surface area contributed by atoms with E-state index in [1.165, 1.54) is 28.7 Å². The number of nitrogens with zero attached hydrogens (tertiary/aromatic N) is 4. The van der Waals surface area contributed by atoms with Gasteiger partial charge in [-0.2, -0.15) is 0 Å². The second kappa shape index (κ2) is 9.46. The van der Waals surface area contributed by atoms with Gasteiger partial charge < -0.3 is 10.2 Å². The lowest BCUT2D eigenvalue weighted by molar-refractivity contribution is 0.0597. The first-order valence-corrected chi connectivity index (χ1v) is 13.0. The fourth-order valence-electron chi connectivity index (χ4n) is 4.48. The lowest BCUT2D eigenvalue weighted by Crippen LogP contribution is -2.49. The average molecular weight is 516 g/mol. The molecule has 35 heavy (non-hydrogen) atoms. The van der Waals surface area contributed by atoms with E-state index in [-0.39, 0.29) is 23.6 Å². The van der Waals surface area contributed by atoms with Crippen LogP contribution in [0.15, 0.2) is 29.8 Å². The summed E-state index contributed by atoms with van der Waals surface area (Å²) in [6.07, 6.45) is 4.35. The normalized spacial score (nSPS) is 16.1. The number of benzene rings is 1. The molecule has 11 heteroatoms. The van der Waals surface area contributed by atoms with E-state index in [0.29, 0.717) is 39.9 Å². The largest absolute Gasteiger partial charge is 0.349 e. The van der Waals surface area contributed by atoms with E-state index in [2.05, 4.69) is 15.3 Å². The summed E-state index contributed by atoms with van der Waals surface area (Å²) in [5, 5.41) is 5.51. The average Bonchev–Trinajstić information content (AvgIpc) is 3.53. The highest BCUT2D eigenvalue weighted by atomic mass is 32.1. The van der Waals surface area contributed by atoms with Gasteiger partial charge in [-0.25, -0.2) is 18.7 Å². The van der Waals surface area contributed by atoms with Gasteiger partial charge in [-0.1, -0.05) is 6.07 Å². The summed E-state index contributed by atoms with van der Waals surface area (Å²) in [5.74, 6) is -2.42. The second-order valence-electron chi connectivity index (χ2n) is 8.50. The van der Waals surface area contributed by atoms with Gasteiger partial charge in [0.2, 0.25) is 0 Å². The zero-order chi connectivity index (χ0) is 24.7. The lowest BCUT2D eigenvalue weighted by atomic mass is 10.0. The summed E-state index contributed by atoms with van der Waals surface area (Å²) in [6, 6.07) is 3.39. The summed E-state index contributed by atoms with van der Waals surface area (Å²) in [5.41, 5.74) is 1.78. The monoisotopic (exact) mass is 515 g/mol. The minimum atomic E-state index is -0.972. The molecule has 1 fully saturated rings. The minimum Gasteiger partial charge on any atom is -0.349 e. The zero-order valence-electron chi connectivity index (χ0n) is 19.2. The molecule has 4 heterocycles.